The van der Waals surface area contributed by atoms with Crippen molar-refractivity contribution < 1.29 is 29.3 Å². The Morgan fingerprint density at radius 2 is 1.22 bits per heavy atom. The fourth-order valence-corrected chi connectivity index (χ4v) is 2.99. The zero-order valence-electron chi connectivity index (χ0n) is 15.1. The number of benzene rings is 2. The summed E-state index contributed by atoms with van der Waals surface area (Å²) >= 11 is 0. The molecule has 2 aromatic rings. The van der Waals surface area contributed by atoms with Crippen molar-refractivity contribution in [2.75, 3.05) is 14.2 Å². The van der Waals surface area contributed by atoms with E-state index in [0.29, 0.717) is 0 Å². The zero-order chi connectivity index (χ0) is 20.2. The SMILES string of the molecule is C=CC(=O)C(C(=O)C=C)(c1ccc(O)c(OC)c1)c1ccc(O)c(OC)c1. The zero-order valence-corrected chi connectivity index (χ0v) is 15.1. The molecule has 0 aromatic heterocycles. The number of ketones is 2. The van der Waals surface area contributed by atoms with Gasteiger partial charge in [0.05, 0.1) is 14.2 Å². The minimum absolute atomic E-state index is 0.0938. The van der Waals surface area contributed by atoms with Gasteiger partial charge in [-0.3, -0.25) is 9.59 Å². The van der Waals surface area contributed by atoms with Crippen LogP contribution in [0.5, 0.6) is 23.0 Å². The van der Waals surface area contributed by atoms with Gasteiger partial charge in [0.2, 0.25) is 0 Å². The van der Waals surface area contributed by atoms with Gasteiger partial charge in [0, 0.05) is 0 Å². The molecule has 2 rings (SSSR count). The van der Waals surface area contributed by atoms with Crippen LogP contribution in [0.3, 0.4) is 0 Å². The molecule has 0 saturated heterocycles. The molecule has 2 N–H and O–H groups in total. The molecule has 0 radical (unpaired) electrons. The van der Waals surface area contributed by atoms with E-state index in [2.05, 4.69) is 13.2 Å². The van der Waals surface area contributed by atoms with Gasteiger partial charge in [-0.05, 0) is 47.5 Å². The van der Waals surface area contributed by atoms with Gasteiger partial charge in [-0.1, -0.05) is 25.3 Å². The number of aromatic hydroxyl groups is 2. The molecule has 0 heterocycles. The molecule has 0 bridgehead atoms. The smallest absolute Gasteiger partial charge is 0.177 e. The number of phenolic OH excluding ortho intramolecular Hbond substituents is 2. The van der Waals surface area contributed by atoms with Crippen molar-refractivity contribution in [3.05, 3.63) is 72.8 Å². The van der Waals surface area contributed by atoms with Gasteiger partial charge in [-0.15, -0.1) is 0 Å². The molecule has 0 amide bonds. The first-order chi connectivity index (χ1) is 12.9. The second kappa shape index (κ2) is 7.78. The average molecular weight is 368 g/mol. The second-order valence-electron chi connectivity index (χ2n) is 5.66. The molecule has 27 heavy (non-hydrogen) atoms. The molecule has 0 aliphatic rings. The van der Waals surface area contributed by atoms with E-state index < -0.39 is 17.0 Å². The molecular formula is C21H20O6. The highest BCUT2D eigenvalue weighted by atomic mass is 16.5. The summed E-state index contributed by atoms with van der Waals surface area (Å²) in [6.45, 7) is 7.03. The van der Waals surface area contributed by atoms with Gasteiger partial charge in [0.25, 0.3) is 0 Å². The van der Waals surface area contributed by atoms with Crippen LogP contribution in [-0.4, -0.2) is 36.0 Å². The fourth-order valence-electron chi connectivity index (χ4n) is 2.99. The largest absolute Gasteiger partial charge is 0.504 e. The van der Waals surface area contributed by atoms with Crippen LogP contribution in [0.1, 0.15) is 11.1 Å². The predicted octanol–water partition coefficient (Wildman–Crippen LogP) is 2.91. The summed E-state index contributed by atoms with van der Waals surface area (Å²) in [7, 11) is 2.71. The number of phenols is 2. The molecule has 0 aliphatic heterocycles. The average Bonchev–Trinajstić information content (AvgIpc) is 2.69. The summed E-state index contributed by atoms with van der Waals surface area (Å²) in [4.78, 5) is 26.0. The Balaban J connectivity index is 2.95. The van der Waals surface area contributed by atoms with E-state index in [9.17, 15) is 19.8 Å². The van der Waals surface area contributed by atoms with E-state index in [1.165, 1.54) is 50.6 Å². The lowest BCUT2D eigenvalue weighted by Crippen LogP contribution is -2.43. The molecule has 6 nitrogen and oxygen atoms in total. The number of ether oxygens (including phenoxy) is 2. The predicted molar refractivity (Wildman–Crippen MR) is 101 cm³/mol. The Hall–Kier alpha value is -3.54. The van der Waals surface area contributed by atoms with Gasteiger partial charge < -0.3 is 19.7 Å². The molecule has 6 heteroatoms. The summed E-state index contributed by atoms with van der Waals surface area (Å²) in [6.07, 6.45) is 2.08. The number of methoxy groups -OCH3 is 2. The Bertz CT molecular complexity index is 837. The van der Waals surface area contributed by atoms with E-state index in [1.54, 1.807) is 0 Å². The van der Waals surface area contributed by atoms with Gasteiger partial charge >= 0.3 is 0 Å². The number of carbonyl (C=O) groups is 2. The van der Waals surface area contributed by atoms with Crippen molar-refractivity contribution in [3.63, 3.8) is 0 Å². The number of hydrogen-bond acceptors (Lipinski definition) is 6. The maximum absolute atomic E-state index is 13.0. The van der Waals surface area contributed by atoms with E-state index in [0.717, 1.165) is 12.2 Å². The van der Waals surface area contributed by atoms with Gasteiger partial charge in [-0.25, -0.2) is 0 Å². The quantitative estimate of drug-likeness (QED) is 0.550. The maximum Gasteiger partial charge on any atom is 0.177 e. The van der Waals surface area contributed by atoms with Crippen molar-refractivity contribution in [3.8, 4) is 23.0 Å². The third-order valence-corrected chi connectivity index (χ3v) is 4.34. The highest BCUT2D eigenvalue weighted by Gasteiger charge is 2.46. The first-order valence-corrected chi connectivity index (χ1v) is 7.95. The standard InChI is InChI=1S/C21H20O6/c1-5-19(24)21(20(25)6-2,13-7-9-15(22)17(11-13)26-3)14-8-10-16(23)18(12-14)27-4/h5-12,22-23H,1-2H2,3-4H3. The lowest BCUT2D eigenvalue weighted by molar-refractivity contribution is -0.127. The fraction of sp³-hybridized carbons (Fsp3) is 0.143. The van der Waals surface area contributed by atoms with Gasteiger partial charge in [0.15, 0.2) is 34.6 Å². The number of carbonyl (C=O) groups excluding carboxylic acids is 2. The van der Waals surface area contributed by atoms with Gasteiger partial charge in [0.1, 0.15) is 5.41 Å². The Morgan fingerprint density at radius 3 is 1.52 bits per heavy atom. The topological polar surface area (TPSA) is 93.1 Å². The summed E-state index contributed by atoms with van der Waals surface area (Å²) in [6, 6.07) is 8.34. The molecule has 0 aliphatic carbocycles. The summed E-state index contributed by atoms with van der Waals surface area (Å²) in [5.41, 5.74) is -1.33. The second-order valence-corrected chi connectivity index (χ2v) is 5.66. The highest BCUT2D eigenvalue weighted by Crippen LogP contribution is 2.41. The Morgan fingerprint density at radius 1 is 0.852 bits per heavy atom. The summed E-state index contributed by atoms with van der Waals surface area (Å²) < 4.78 is 10.2. The number of rotatable bonds is 8. The van der Waals surface area contributed by atoms with Crippen molar-refractivity contribution in [2.45, 2.75) is 5.41 Å². The van der Waals surface area contributed by atoms with E-state index >= 15 is 0 Å². The molecule has 0 atom stereocenters. The molecule has 0 saturated carbocycles. The highest BCUT2D eigenvalue weighted by molar-refractivity contribution is 6.22. The molecule has 0 spiro atoms. The van der Waals surface area contributed by atoms with Crippen molar-refractivity contribution in [1.82, 2.24) is 0 Å². The third-order valence-electron chi connectivity index (χ3n) is 4.34. The number of hydrogen-bond donors (Lipinski definition) is 2. The molecule has 2 aromatic carbocycles. The monoisotopic (exact) mass is 368 g/mol. The van der Waals surface area contributed by atoms with Crippen molar-refractivity contribution in [2.24, 2.45) is 0 Å². The third kappa shape index (κ3) is 3.17. The van der Waals surface area contributed by atoms with Crippen LogP contribution < -0.4 is 9.47 Å². The lowest BCUT2D eigenvalue weighted by atomic mass is 9.68. The lowest BCUT2D eigenvalue weighted by Gasteiger charge is -2.30. The molecule has 140 valence electrons. The van der Waals surface area contributed by atoms with Crippen molar-refractivity contribution in [1.29, 1.82) is 0 Å². The first-order valence-electron chi connectivity index (χ1n) is 7.95. The van der Waals surface area contributed by atoms with Crippen LogP contribution in [0.4, 0.5) is 0 Å². The van der Waals surface area contributed by atoms with Crippen LogP contribution in [0.2, 0.25) is 0 Å². The summed E-state index contributed by atoms with van der Waals surface area (Å²) in [5, 5.41) is 19.8. The van der Waals surface area contributed by atoms with Crippen LogP contribution in [0.15, 0.2) is 61.7 Å². The molecule has 0 unspecified atom stereocenters. The van der Waals surface area contributed by atoms with Crippen LogP contribution >= 0.6 is 0 Å². The van der Waals surface area contributed by atoms with E-state index in [-0.39, 0.29) is 34.1 Å². The van der Waals surface area contributed by atoms with Crippen LogP contribution in [0.25, 0.3) is 0 Å². The Kier molecular flexibility index (Phi) is 5.70. The maximum atomic E-state index is 13.0. The van der Waals surface area contributed by atoms with Crippen LogP contribution in [-0.2, 0) is 15.0 Å². The summed E-state index contributed by atoms with van der Waals surface area (Å²) in [5.74, 6) is -1.31. The molecule has 0 fully saturated rings. The molecular weight excluding hydrogens is 348 g/mol. The van der Waals surface area contributed by atoms with Crippen molar-refractivity contribution >= 4 is 11.6 Å². The minimum atomic E-state index is -1.83. The normalized spacial score (nSPS) is 10.7. The minimum Gasteiger partial charge on any atom is -0.504 e. The van der Waals surface area contributed by atoms with Gasteiger partial charge in [-0.2, -0.15) is 0 Å². The Labute approximate surface area is 157 Å². The first kappa shape index (κ1) is 19.8. The van der Waals surface area contributed by atoms with E-state index in [4.69, 9.17) is 9.47 Å². The van der Waals surface area contributed by atoms with Crippen LogP contribution in [0, 0.1) is 0 Å². The number of allylic oxidation sites excluding steroid dienone is 2. The van der Waals surface area contributed by atoms with E-state index in [1.807, 2.05) is 0 Å².